The van der Waals surface area contributed by atoms with E-state index in [1.54, 1.807) is 6.20 Å². The molecule has 1 aromatic heterocycles. The molecule has 2 aromatic rings. The third-order valence-electron chi connectivity index (χ3n) is 4.41. The first-order valence-electron chi connectivity index (χ1n) is 9.41. The van der Waals surface area contributed by atoms with Gasteiger partial charge in [0.2, 0.25) is 0 Å². The minimum Gasteiger partial charge on any atom is -0.357 e. The Kier molecular flexibility index (Phi) is 11.8. The number of aromatic nitrogens is 2. The van der Waals surface area contributed by atoms with Gasteiger partial charge < -0.3 is 15.2 Å². The quantitative estimate of drug-likeness (QED) is 0.310. The van der Waals surface area contributed by atoms with Crippen LogP contribution < -0.4 is 10.6 Å². The molecule has 2 N–H and O–H groups in total. The maximum Gasteiger partial charge on any atom is 0.191 e. The Morgan fingerprint density at radius 2 is 2.04 bits per heavy atom. The molecule has 1 unspecified atom stereocenters. The molecule has 0 saturated carbocycles. The predicted octanol–water partition coefficient (Wildman–Crippen LogP) is 2.97. The number of rotatable bonds is 10. The van der Waals surface area contributed by atoms with Gasteiger partial charge in [-0.2, -0.15) is 0 Å². The molecule has 0 spiro atoms. The number of guanidine groups is 1. The Morgan fingerprint density at radius 1 is 1.26 bits per heavy atom. The summed E-state index contributed by atoms with van der Waals surface area (Å²) in [4.78, 5) is 11.1. The van der Waals surface area contributed by atoms with E-state index >= 15 is 0 Å². The molecule has 0 aliphatic rings. The standard InChI is InChI=1S/C20H32N6.HI/c1-4-22-20(24-13-15-26-14-12-21-17-26)23-11-10-18(2)25(3)16-19-8-6-5-7-9-19;/h5-9,12,14,17-18H,4,10-11,13,15-16H2,1-3H3,(H2,22,23,24);1H. The second-order valence-corrected chi connectivity index (χ2v) is 6.53. The highest BCUT2D eigenvalue weighted by Gasteiger charge is 2.09. The molecule has 0 aliphatic carbocycles. The van der Waals surface area contributed by atoms with E-state index in [1.165, 1.54) is 5.56 Å². The van der Waals surface area contributed by atoms with Crippen LogP contribution in [0.25, 0.3) is 0 Å². The summed E-state index contributed by atoms with van der Waals surface area (Å²) in [5.74, 6) is 0.880. The predicted molar refractivity (Wildman–Crippen MR) is 124 cm³/mol. The maximum absolute atomic E-state index is 4.70. The average molecular weight is 484 g/mol. The Morgan fingerprint density at radius 3 is 2.70 bits per heavy atom. The van der Waals surface area contributed by atoms with Crippen LogP contribution in [0.15, 0.2) is 54.0 Å². The van der Waals surface area contributed by atoms with Crippen molar-refractivity contribution < 1.29 is 0 Å². The number of imidazole rings is 1. The van der Waals surface area contributed by atoms with Crippen molar-refractivity contribution in [3.8, 4) is 0 Å². The monoisotopic (exact) mass is 484 g/mol. The van der Waals surface area contributed by atoms with E-state index < -0.39 is 0 Å². The van der Waals surface area contributed by atoms with E-state index in [0.29, 0.717) is 6.04 Å². The van der Waals surface area contributed by atoms with Crippen LogP contribution in [0.4, 0.5) is 0 Å². The van der Waals surface area contributed by atoms with Crippen molar-refractivity contribution in [2.24, 2.45) is 4.99 Å². The SMILES string of the molecule is CCNC(=NCCC(C)N(C)Cc1ccccc1)NCCn1ccnc1.I. The lowest BCUT2D eigenvalue weighted by Gasteiger charge is -2.24. The lowest BCUT2D eigenvalue weighted by atomic mass is 10.1. The van der Waals surface area contributed by atoms with E-state index in [1.807, 2.05) is 12.5 Å². The highest BCUT2D eigenvalue weighted by Crippen LogP contribution is 2.08. The van der Waals surface area contributed by atoms with E-state index in [4.69, 9.17) is 4.99 Å². The van der Waals surface area contributed by atoms with Crippen LogP contribution in [0.5, 0.6) is 0 Å². The zero-order chi connectivity index (χ0) is 18.6. The fourth-order valence-corrected chi connectivity index (χ4v) is 2.67. The summed E-state index contributed by atoms with van der Waals surface area (Å²) >= 11 is 0. The molecular weight excluding hydrogens is 451 g/mol. The van der Waals surface area contributed by atoms with E-state index in [2.05, 4.69) is 76.3 Å². The van der Waals surface area contributed by atoms with Crippen LogP contribution in [0.1, 0.15) is 25.8 Å². The lowest BCUT2D eigenvalue weighted by Crippen LogP contribution is -2.39. The molecule has 0 bridgehead atoms. The van der Waals surface area contributed by atoms with Gasteiger partial charge in [0.15, 0.2) is 5.96 Å². The van der Waals surface area contributed by atoms with Gasteiger partial charge in [-0.05, 0) is 32.9 Å². The first-order chi connectivity index (χ1) is 12.7. The molecule has 0 aliphatic heterocycles. The second-order valence-electron chi connectivity index (χ2n) is 6.53. The van der Waals surface area contributed by atoms with Gasteiger partial charge in [-0.3, -0.25) is 9.89 Å². The number of nitrogens with one attached hydrogen (secondary N) is 2. The zero-order valence-electron chi connectivity index (χ0n) is 16.6. The van der Waals surface area contributed by atoms with Gasteiger partial charge in [0.25, 0.3) is 0 Å². The van der Waals surface area contributed by atoms with Crippen molar-refractivity contribution in [1.82, 2.24) is 25.1 Å². The fourth-order valence-electron chi connectivity index (χ4n) is 2.67. The Hall–Kier alpha value is -1.61. The molecule has 0 fully saturated rings. The molecule has 1 heterocycles. The molecular formula is C20H33IN6. The summed E-state index contributed by atoms with van der Waals surface area (Å²) in [6.07, 6.45) is 6.63. The topological polar surface area (TPSA) is 57.5 Å². The molecule has 6 nitrogen and oxygen atoms in total. The number of benzene rings is 1. The molecule has 27 heavy (non-hydrogen) atoms. The molecule has 150 valence electrons. The van der Waals surface area contributed by atoms with E-state index in [9.17, 15) is 0 Å². The van der Waals surface area contributed by atoms with Crippen LogP contribution in [0.2, 0.25) is 0 Å². The summed E-state index contributed by atoms with van der Waals surface area (Å²) in [5, 5.41) is 6.68. The first kappa shape index (κ1) is 23.4. The van der Waals surface area contributed by atoms with Crippen LogP contribution in [-0.4, -0.2) is 53.1 Å². The van der Waals surface area contributed by atoms with Crippen molar-refractivity contribution in [3.05, 3.63) is 54.6 Å². The Balaban J connectivity index is 0.00000364. The normalized spacial score (nSPS) is 12.5. The summed E-state index contributed by atoms with van der Waals surface area (Å²) in [5.41, 5.74) is 1.35. The Labute approximate surface area is 180 Å². The summed E-state index contributed by atoms with van der Waals surface area (Å²) < 4.78 is 2.05. The van der Waals surface area contributed by atoms with Crippen molar-refractivity contribution in [1.29, 1.82) is 0 Å². The van der Waals surface area contributed by atoms with Crippen molar-refractivity contribution in [2.75, 3.05) is 26.7 Å². The molecule has 7 heteroatoms. The summed E-state index contributed by atoms with van der Waals surface area (Å²) in [6.45, 7) is 8.68. The minimum atomic E-state index is 0. The molecule has 0 amide bonds. The fraction of sp³-hybridized carbons (Fsp3) is 0.500. The van der Waals surface area contributed by atoms with Gasteiger partial charge in [-0.1, -0.05) is 30.3 Å². The van der Waals surface area contributed by atoms with E-state index in [-0.39, 0.29) is 24.0 Å². The zero-order valence-corrected chi connectivity index (χ0v) is 19.0. The maximum atomic E-state index is 4.70. The van der Waals surface area contributed by atoms with Crippen molar-refractivity contribution in [3.63, 3.8) is 0 Å². The van der Waals surface area contributed by atoms with Gasteiger partial charge >= 0.3 is 0 Å². The molecule has 0 saturated heterocycles. The number of halogens is 1. The molecule has 1 aromatic carbocycles. The molecule has 0 radical (unpaired) electrons. The van der Waals surface area contributed by atoms with Crippen LogP contribution in [0.3, 0.4) is 0 Å². The van der Waals surface area contributed by atoms with Gasteiger partial charge in [0.1, 0.15) is 0 Å². The van der Waals surface area contributed by atoms with Crippen molar-refractivity contribution >= 4 is 29.9 Å². The number of hydrogen-bond donors (Lipinski definition) is 2. The van der Waals surface area contributed by atoms with Gasteiger partial charge in [0.05, 0.1) is 6.33 Å². The second kappa shape index (κ2) is 13.5. The average Bonchev–Trinajstić information content (AvgIpc) is 3.16. The molecule has 2 rings (SSSR count). The number of nitrogens with zero attached hydrogens (tertiary/aromatic N) is 4. The van der Waals surface area contributed by atoms with Gasteiger partial charge in [0, 0.05) is 51.2 Å². The largest absolute Gasteiger partial charge is 0.357 e. The number of aliphatic imine (C=N–C) groups is 1. The number of hydrogen-bond acceptors (Lipinski definition) is 3. The van der Waals surface area contributed by atoms with Crippen LogP contribution in [0, 0.1) is 0 Å². The molecule has 1 atom stereocenters. The van der Waals surface area contributed by atoms with Crippen LogP contribution in [-0.2, 0) is 13.1 Å². The van der Waals surface area contributed by atoms with E-state index in [0.717, 1.165) is 45.1 Å². The highest BCUT2D eigenvalue weighted by molar-refractivity contribution is 14.0. The third kappa shape index (κ3) is 9.23. The smallest absolute Gasteiger partial charge is 0.191 e. The lowest BCUT2D eigenvalue weighted by molar-refractivity contribution is 0.240. The first-order valence-corrected chi connectivity index (χ1v) is 9.41. The van der Waals surface area contributed by atoms with Crippen LogP contribution >= 0.6 is 24.0 Å². The summed E-state index contributed by atoms with van der Waals surface area (Å²) in [6, 6.07) is 11.1. The highest BCUT2D eigenvalue weighted by atomic mass is 127. The minimum absolute atomic E-state index is 0. The van der Waals surface area contributed by atoms with Crippen molar-refractivity contribution in [2.45, 2.75) is 39.4 Å². The Bertz CT molecular complexity index is 629. The van der Waals surface area contributed by atoms with Gasteiger partial charge in [-0.15, -0.1) is 24.0 Å². The summed E-state index contributed by atoms with van der Waals surface area (Å²) in [7, 11) is 2.18. The van der Waals surface area contributed by atoms with Gasteiger partial charge in [-0.25, -0.2) is 4.98 Å². The third-order valence-corrected chi connectivity index (χ3v) is 4.41.